The van der Waals surface area contributed by atoms with Gasteiger partial charge < -0.3 is 15.7 Å². The highest BCUT2D eigenvalue weighted by atomic mass is 16.4. The molecule has 5 heteroatoms. The van der Waals surface area contributed by atoms with Crippen molar-refractivity contribution in [1.82, 2.24) is 10.6 Å². The smallest absolute Gasteiger partial charge is 0.326 e. The summed E-state index contributed by atoms with van der Waals surface area (Å²) in [6.45, 7) is 8.15. The van der Waals surface area contributed by atoms with Crippen LogP contribution in [0.15, 0.2) is 0 Å². The summed E-state index contributed by atoms with van der Waals surface area (Å²) in [6, 6.07) is -1.03. The van der Waals surface area contributed by atoms with Crippen molar-refractivity contribution >= 4 is 12.0 Å². The highest BCUT2D eigenvalue weighted by molar-refractivity contribution is 5.82. The second-order valence-corrected chi connectivity index (χ2v) is 6.43. The molecule has 2 amide bonds. The molecule has 3 N–H and O–H groups in total. The van der Waals surface area contributed by atoms with Crippen LogP contribution in [0.2, 0.25) is 0 Å². The third kappa shape index (κ3) is 5.02. The molecule has 0 aromatic heterocycles. The third-order valence-electron chi connectivity index (χ3n) is 4.28. The number of carboxylic acid groups (broad SMARTS) is 1. The molecule has 0 spiro atoms. The Morgan fingerprint density at radius 1 is 1.20 bits per heavy atom. The lowest BCUT2D eigenvalue weighted by Crippen LogP contribution is -2.52. The van der Waals surface area contributed by atoms with Gasteiger partial charge in [-0.25, -0.2) is 9.59 Å². The van der Waals surface area contributed by atoms with Gasteiger partial charge in [-0.1, -0.05) is 34.1 Å². The highest BCUT2D eigenvalue weighted by Crippen LogP contribution is 2.28. The Labute approximate surface area is 121 Å². The predicted molar refractivity (Wildman–Crippen MR) is 78.5 cm³/mol. The van der Waals surface area contributed by atoms with Gasteiger partial charge in [0.2, 0.25) is 0 Å². The molecule has 1 aliphatic rings. The molecule has 4 atom stereocenters. The maximum atomic E-state index is 12.0. The summed E-state index contributed by atoms with van der Waals surface area (Å²) >= 11 is 0. The topological polar surface area (TPSA) is 78.4 Å². The number of carbonyl (C=O) groups excluding carboxylic acids is 1. The van der Waals surface area contributed by atoms with E-state index in [2.05, 4.69) is 24.5 Å². The van der Waals surface area contributed by atoms with E-state index in [1.165, 1.54) is 6.42 Å². The first-order valence-corrected chi connectivity index (χ1v) is 7.63. The normalized spacial score (nSPS) is 29.3. The Hall–Kier alpha value is -1.26. The molecule has 0 heterocycles. The summed E-state index contributed by atoms with van der Waals surface area (Å²) in [4.78, 5) is 23.2. The monoisotopic (exact) mass is 284 g/mol. The van der Waals surface area contributed by atoms with Crippen molar-refractivity contribution < 1.29 is 14.7 Å². The summed E-state index contributed by atoms with van der Waals surface area (Å²) in [5.41, 5.74) is 0. The maximum Gasteiger partial charge on any atom is 0.326 e. The van der Waals surface area contributed by atoms with Gasteiger partial charge >= 0.3 is 12.0 Å². The quantitative estimate of drug-likeness (QED) is 0.726. The highest BCUT2D eigenvalue weighted by Gasteiger charge is 2.28. The number of carboxylic acids is 1. The van der Waals surface area contributed by atoms with Gasteiger partial charge in [0.15, 0.2) is 0 Å². The summed E-state index contributed by atoms with van der Waals surface area (Å²) in [5.74, 6) is 0.158. The van der Waals surface area contributed by atoms with E-state index in [4.69, 9.17) is 0 Å². The van der Waals surface area contributed by atoms with Crippen molar-refractivity contribution in [2.45, 2.75) is 65.5 Å². The van der Waals surface area contributed by atoms with Crippen LogP contribution in [-0.4, -0.2) is 29.2 Å². The Balaban J connectivity index is 2.51. The third-order valence-corrected chi connectivity index (χ3v) is 4.28. The van der Waals surface area contributed by atoms with Crippen LogP contribution in [0, 0.1) is 17.8 Å². The number of amides is 2. The van der Waals surface area contributed by atoms with Gasteiger partial charge in [-0.2, -0.15) is 0 Å². The molecule has 1 fully saturated rings. The lowest BCUT2D eigenvalue weighted by molar-refractivity contribution is -0.140. The van der Waals surface area contributed by atoms with Crippen LogP contribution in [-0.2, 0) is 4.79 Å². The van der Waals surface area contributed by atoms with Crippen molar-refractivity contribution in [1.29, 1.82) is 0 Å². The second-order valence-electron chi connectivity index (χ2n) is 6.43. The van der Waals surface area contributed by atoms with E-state index in [1.54, 1.807) is 0 Å². The zero-order chi connectivity index (χ0) is 15.3. The first kappa shape index (κ1) is 16.8. The Morgan fingerprint density at radius 2 is 1.75 bits per heavy atom. The van der Waals surface area contributed by atoms with Crippen molar-refractivity contribution in [3.05, 3.63) is 0 Å². The molecular formula is C15H28N2O3. The van der Waals surface area contributed by atoms with Crippen LogP contribution in [0.4, 0.5) is 4.79 Å². The average Bonchev–Trinajstić information content (AvgIpc) is 2.33. The molecule has 0 bridgehead atoms. The van der Waals surface area contributed by atoms with E-state index in [9.17, 15) is 14.7 Å². The van der Waals surface area contributed by atoms with Gasteiger partial charge in [0.05, 0.1) is 0 Å². The van der Waals surface area contributed by atoms with Crippen LogP contribution < -0.4 is 10.6 Å². The Kier molecular flexibility index (Phi) is 6.30. The van der Waals surface area contributed by atoms with Crippen LogP contribution in [0.25, 0.3) is 0 Å². The summed E-state index contributed by atoms with van der Waals surface area (Å²) in [7, 11) is 0. The summed E-state index contributed by atoms with van der Waals surface area (Å²) in [6.07, 6.45) is 3.86. The Morgan fingerprint density at radius 3 is 2.20 bits per heavy atom. The van der Waals surface area contributed by atoms with Gasteiger partial charge in [0, 0.05) is 6.04 Å². The molecule has 3 unspecified atom stereocenters. The minimum absolute atomic E-state index is 0.0811. The summed E-state index contributed by atoms with van der Waals surface area (Å²) < 4.78 is 0. The van der Waals surface area contributed by atoms with Crippen LogP contribution in [0.1, 0.15) is 53.4 Å². The first-order chi connectivity index (χ1) is 9.33. The largest absolute Gasteiger partial charge is 0.480 e. The van der Waals surface area contributed by atoms with Crippen LogP contribution in [0.3, 0.4) is 0 Å². The second kappa shape index (κ2) is 7.50. The standard InChI is InChI=1S/C15H28N2O3/c1-5-11(4)13(14(18)19)17-15(20)16-12-7-9(2)6-10(3)8-12/h9-13H,5-8H2,1-4H3,(H,18,19)(H2,16,17,20)/t9?,10?,11?,12?,13-/m0/s1. The van der Waals surface area contributed by atoms with Crippen molar-refractivity contribution in [2.75, 3.05) is 0 Å². The fraction of sp³-hybridized carbons (Fsp3) is 0.867. The van der Waals surface area contributed by atoms with Crippen LogP contribution in [0.5, 0.6) is 0 Å². The van der Waals surface area contributed by atoms with E-state index >= 15 is 0 Å². The van der Waals surface area contributed by atoms with E-state index in [0.29, 0.717) is 11.8 Å². The van der Waals surface area contributed by atoms with Crippen molar-refractivity contribution in [2.24, 2.45) is 17.8 Å². The molecule has 0 radical (unpaired) electrons. The maximum absolute atomic E-state index is 12.0. The fourth-order valence-corrected chi connectivity index (χ4v) is 3.12. The number of urea groups is 1. The number of rotatable bonds is 5. The SMILES string of the molecule is CCC(C)[C@H](NC(=O)NC1CC(C)CC(C)C1)C(=O)O. The lowest BCUT2D eigenvalue weighted by Gasteiger charge is -2.32. The van der Waals surface area contributed by atoms with Gasteiger partial charge in [-0.3, -0.25) is 0 Å². The molecule has 5 nitrogen and oxygen atoms in total. The molecule has 116 valence electrons. The zero-order valence-electron chi connectivity index (χ0n) is 13.0. The number of aliphatic carboxylic acids is 1. The number of hydrogen-bond donors (Lipinski definition) is 3. The lowest BCUT2D eigenvalue weighted by atomic mass is 9.80. The average molecular weight is 284 g/mol. The minimum atomic E-state index is -0.972. The van der Waals surface area contributed by atoms with Gasteiger partial charge in [0.1, 0.15) is 6.04 Å². The van der Waals surface area contributed by atoms with E-state index in [0.717, 1.165) is 19.3 Å². The van der Waals surface area contributed by atoms with Crippen molar-refractivity contribution in [3.8, 4) is 0 Å². The molecule has 1 aliphatic carbocycles. The minimum Gasteiger partial charge on any atom is -0.480 e. The molecule has 0 aromatic rings. The molecule has 20 heavy (non-hydrogen) atoms. The first-order valence-electron chi connectivity index (χ1n) is 7.63. The number of nitrogens with one attached hydrogen (secondary N) is 2. The van der Waals surface area contributed by atoms with Gasteiger partial charge in [0.25, 0.3) is 0 Å². The molecule has 0 saturated heterocycles. The molecular weight excluding hydrogens is 256 g/mol. The van der Waals surface area contributed by atoms with E-state index in [-0.39, 0.29) is 18.0 Å². The predicted octanol–water partition coefficient (Wildman–Crippen LogP) is 2.61. The van der Waals surface area contributed by atoms with Gasteiger partial charge in [-0.15, -0.1) is 0 Å². The summed E-state index contributed by atoms with van der Waals surface area (Å²) in [5, 5.41) is 14.7. The molecule has 1 rings (SSSR count). The molecule has 1 saturated carbocycles. The zero-order valence-corrected chi connectivity index (χ0v) is 13.0. The molecule has 0 aromatic carbocycles. The molecule has 0 aliphatic heterocycles. The number of hydrogen-bond acceptors (Lipinski definition) is 2. The van der Waals surface area contributed by atoms with Crippen molar-refractivity contribution in [3.63, 3.8) is 0 Å². The Bertz CT molecular complexity index is 336. The number of carbonyl (C=O) groups is 2. The van der Waals surface area contributed by atoms with Crippen LogP contribution >= 0.6 is 0 Å². The van der Waals surface area contributed by atoms with Gasteiger partial charge in [-0.05, 0) is 37.0 Å². The van der Waals surface area contributed by atoms with E-state index < -0.39 is 12.0 Å². The fourth-order valence-electron chi connectivity index (χ4n) is 3.12. The van der Waals surface area contributed by atoms with E-state index in [1.807, 2.05) is 13.8 Å².